The van der Waals surface area contributed by atoms with E-state index in [1.54, 1.807) is 0 Å². The average Bonchev–Trinajstić information content (AvgIpc) is 2.89. The zero-order valence-electron chi connectivity index (χ0n) is 13.1. The first-order valence-electron chi connectivity index (χ1n) is 7.80. The number of hydrogen-bond donors (Lipinski definition) is 0. The Kier molecular flexibility index (Phi) is 4.14. The third kappa shape index (κ3) is 2.84. The third-order valence-electron chi connectivity index (χ3n) is 4.17. The van der Waals surface area contributed by atoms with Crippen molar-refractivity contribution in [3.05, 3.63) is 59.7 Å². The summed E-state index contributed by atoms with van der Waals surface area (Å²) in [4.78, 5) is 14.4. The van der Waals surface area contributed by atoms with Crippen molar-refractivity contribution >= 4 is 11.6 Å². The van der Waals surface area contributed by atoms with Crippen LogP contribution in [0.25, 0.3) is 0 Å². The number of benzene rings is 2. The van der Waals surface area contributed by atoms with Gasteiger partial charge < -0.3 is 9.64 Å². The van der Waals surface area contributed by atoms with Crippen molar-refractivity contribution in [3.8, 4) is 5.75 Å². The van der Waals surface area contributed by atoms with Gasteiger partial charge in [0.25, 0.3) is 5.91 Å². The summed E-state index contributed by atoms with van der Waals surface area (Å²) in [5.41, 5.74) is 3.52. The Balaban J connectivity index is 1.67. The number of aryl methyl sites for hydroxylation is 1. The molecular formula is C19H21NO2. The predicted octanol–water partition coefficient (Wildman–Crippen LogP) is 3.61. The van der Waals surface area contributed by atoms with Crippen molar-refractivity contribution < 1.29 is 9.53 Å². The van der Waals surface area contributed by atoms with E-state index >= 15 is 0 Å². The number of anilines is 1. The van der Waals surface area contributed by atoms with Gasteiger partial charge in [0.15, 0.2) is 6.61 Å². The number of carbonyl (C=O) groups is 1. The molecule has 3 nitrogen and oxygen atoms in total. The number of carbonyl (C=O) groups excluding carboxylic acids is 1. The van der Waals surface area contributed by atoms with Crippen LogP contribution in [0.3, 0.4) is 0 Å². The summed E-state index contributed by atoms with van der Waals surface area (Å²) < 4.78 is 5.65. The molecule has 22 heavy (non-hydrogen) atoms. The van der Waals surface area contributed by atoms with E-state index in [2.05, 4.69) is 19.9 Å². The van der Waals surface area contributed by atoms with Crippen molar-refractivity contribution in [2.24, 2.45) is 0 Å². The summed E-state index contributed by atoms with van der Waals surface area (Å²) in [5.74, 6) is 0.753. The van der Waals surface area contributed by atoms with Crippen LogP contribution in [0.2, 0.25) is 0 Å². The molecule has 0 aromatic heterocycles. The Morgan fingerprint density at radius 1 is 1.18 bits per heavy atom. The molecule has 0 saturated carbocycles. The number of fused-ring (bicyclic) bond motifs is 1. The minimum atomic E-state index is 0.0111. The lowest BCUT2D eigenvalue weighted by molar-refractivity contribution is -0.120. The zero-order chi connectivity index (χ0) is 15.5. The molecule has 114 valence electrons. The SMILES string of the molecule is CCc1ccc(OCC(=O)N2c3ccccc3CC2C)cc1. The van der Waals surface area contributed by atoms with Gasteiger partial charge in [-0.2, -0.15) is 0 Å². The van der Waals surface area contributed by atoms with Crippen LogP contribution < -0.4 is 9.64 Å². The van der Waals surface area contributed by atoms with E-state index in [0.29, 0.717) is 0 Å². The first kappa shape index (κ1) is 14.6. The van der Waals surface area contributed by atoms with E-state index in [9.17, 15) is 4.79 Å². The van der Waals surface area contributed by atoms with Gasteiger partial charge in [0.1, 0.15) is 5.75 Å². The molecule has 0 saturated heterocycles. The Morgan fingerprint density at radius 2 is 1.91 bits per heavy atom. The van der Waals surface area contributed by atoms with Crippen LogP contribution in [0.15, 0.2) is 48.5 Å². The molecule has 0 spiro atoms. The van der Waals surface area contributed by atoms with E-state index in [-0.39, 0.29) is 18.6 Å². The first-order valence-corrected chi connectivity index (χ1v) is 7.80. The number of nitrogens with zero attached hydrogens (tertiary/aromatic N) is 1. The van der Waals surface area contributed by atoms with Crippen LogP contribution in [0.5, 0.6) is 5.75 Å². The quantitative estimate of drug-likeness (QED) is 0.862. The fourth-order valence-corrected chi connectivity index (χ4v) is 2.98. The van der Waals surface area contributed by atoms with Gasteiger partial charge in [0, 0.05) is 11.7 Å². The van der Waals surface area contributed by atoms with Crippen molar-refractivity contribution in [1.82, 2.24) is 0 Å². The molecule has 2 aromatic rings. The molecule has 1 atom stereocenters. The largest absolute Gasteiger partial charge is 0.484 e. The highest BCUT2D eigenvalue weighted by Crippen LogP contribution is 2.31. The highest BCUT2D eigenvalue weighted by molar-refractivity contribution is 5.97. The molecule has 3 rings (SSSR count). The van der Waals surface area contributed by atoms with Crippen LogP contribution in [0.4, 0.5) is 5.69 Å². The molecule has 0 aliphatic carbocycles. The van der Waals surface area contributed by atoms with Crippen molar-refractivity contribution in [1.29, 1.82) is 0 Å². The van der Waals surface area contributed by atoms with Gasteiger partial charge in [0.2, 0.25) is 0 Å². The molecule has 0 radical (unpaired) electrons. The fourth-order valence-electron chi connectivity index (χ4n) is 2.98. The zero-order valence-corrected chi connectivity index (χ0v) is 13.1. The van der Waals surface area contributed by atoms with Crippen molar-refractivity contribution in [3.63, 3.8) is 0 Å². The second kappa shape index (κ2) is 6.22. The van der Waals surface area contributed by atoms with Crippen molar-refractivity contribution in [2.75, 3.05) is 11.5 Å². The molecule has 1 amide bonds. The molecule has 0 fully saturated rings. The van der Waals surface area contributed by atoms with Crippen LogP contribution in [0.1, 0.15) is 25.0 Å². The summed E-state index contributed by atoms with van der Waals surface area (Å²) in [6.45, 7) is 4.27. The molecular weight excluding hydrogens is 274 g/mol. The topological polar surface area (TPSA) is 29.5 Å². The maximum Gasteiger partial charge on any atom is 0.265 e. The third-order valence-corrected chi connectivity index (χ3v) is 4.17. The smallest absolute Gasteiger partial charge is 0.265 e. The minimum absolute atomic E-state index is 0.0111. The molecule has 3 heteroatoms. The van der Waals surface area contributed by atoms with Gasteiger partial charge in [-0.25, -0.2) is 0 Å². The Morgan fingerprint density at radius 3 is 2.64 bits per heavy atom. The predicted molar refractivity (Wildman–Crippen MR) is 88.4 cm³/mol. The standard InChI is InChI=1S/C19H21NO2/c1-3-15-8-10-17(11-9-15)22-13-19(21)20-14(2)12-16-6-4-5-7-18(16)20/h4-11,14H,3,12-13H2,1-2H3. The van der Waals surface area contributed by atoms with Crippen LogP contribution >= 0.6 is 0 Å². The van der Waals surface area contributed by atoms with Gasteiger partial charge in [-0.15, -0.1) is 0 Å². The Bertz CT molecular complexity index is 663. The van der Waals surface area contributed by atoms with Gasteiger partial charge in [-0.3, -0.25) is 4.79 Å². The molecule has 2 aromatic carbocycles. The minimum Gasteiger partial charge on any atom is -0.484 e. The molecule has 0 N–H and O–H groups in total. The summed E-state index contributed by atoms with van der Waals surface area (Å²) in [7, 11) is 0. The molecule has 1 aliphatic heterocycles. The van der Waals surface area contributed by atoms with E-state index < -0.39 is 0 Å². The number of ether oxygens (including phenoxy) is 1. The lowest BCUT2D eigenvalue weighted by atomic mass is 10.1. The van der Waals surface area contributed by atoms with Gasteiger partial charge >= 0.3 is 0 Å². The van der Waals surface area contributed by atoms with E-state index in [4.69, 9.17) is 4.74 Å². The molecule has 1 heterocycles. The van der Waals surface area contributed by atoms with Gasteiger partial charge in [-0.1, -0.05) is 37.3 Å². The maximum absolute atomic E-state index is 12.5. The first-order chi connectivity index (χ1) is 10.7. The Hall–Kier alpha value is -2.29. The Labute approximate surface area is 131 Å². The number of amides is 1. The average molecular weight is 295 g/mol. The summed E-state index contributed by atoms with van der Waals surface area (Å²) >= 11 is 0. The summed E-state index contributed by atoms with van der Waals surface area (Å²) in [5, 5.41) is 0. The second-order valence-corrected chi connectivity index (χ2v) is 5.73. The highest BCUT2D eigenvalue weighted by atomic mass is 16.5. The second-order valence-electron chi connectivity index (χ2n) is 5.73. The summed E-state index contributed by atoms with van der Waals surface area (Å²) in [6.07, 6.45) is 1.91. The number of para-hydroxylation sites is 1. The van der Waals surface area contributed by atoms with Gasteiger partial charge in [-0.05, 0) is 49.1 Å². The lowest BCUT2D eigenvalue weighted by Crippen LogP contribution is -2.39. The van der Waals surface area contributed by atoms with E-state index in [0.717, 1.165) is 24.3 Å². The fraction of sp³-hybridized carbons (Fsp3) is 0.316. The lowest BCUT2D eigenvalue weighted by Gasteiger charge is -2.22. The van der Waals surface area contributed by atoms with E-state index in [1.807, 2.05) is 47.4 Å². The van der Waals surface area contributed by atoms with Crippen LogP contribution in [-0.2, 0) is 17.6 Å². The maximum atomic E-state index is 12.5. The molecule has 1 unspecified atom stereocenters. The van der Waals surface area contributed by atoms with E-state index in [1.165, 1.54) is 11.1 Å². The van der Waals surface area contributed by atoms with Crippen molar-refractivity contribution in [2.45, 2.75) is 32.7 Å². The molecule has 1 aliphatic rings. The number of rotatable bonds is 4. The number of hydrogen-bond acceptors (Lipinski definition) is 2. The normalized spacial score (nSPS) is 16.5. The van der Waals surface area contributed by atoms with Gasteiger partial charge in [0.05, 0.1) is 0 Å². The monoisotopic (exact) mass is 295 g/mol. The molecule has 0 bridgehead atoms. The van der Waals surface area contributed by atoms with Crippen LogP contribution in [0, 0.1) is 0 Å². The summed E-state index contributed by atoms with van der Waals surface area (Å²) in [6, 6.07) is 16.2. The highest BCUT2D eigenvalue weighted by Gasteiger charge is 2.30. The van der Waals surface area contributed by atoms with Crippen LogP contribution in [-0.4, -0.2) is 18.6 Å².